The molecular weight excluding hydrogens is 206 g/mol. The SMILES string of the molecule is N#Cc1nc(OCc2ccco2)ccc1N. The Kier molecular flexibility index (Phi) is 2.74. The van der Waals surface area contributed by atoms with Crippen molar-refractivity contribution in [2.45, 2.75) is 6.61 Å². The molecule has 0 aliphatic rings. The summed E-state index contributed by atoms with van der Waals surface area (Å²) in [7, 11) is 0. The van der Waals surface area contributed by atoms with Gasteiger partial charge in [0.1, 0.15) is 18.4 Å². The van der Waals surface area contributed by atoms with Gasteiger partial charge in [-0.05, 0) is 18.2 Å². The Morgan fingerprint density at radius 1 is 1.44 bits per heavy atom. The molecule has 0 fully saturated rings. The number of hydrogen-bond acceptors (Lipinski definition) is 5. The molecule has 0 aromatic carbocycles. The van der Waals surface area contributed by atoms with Crippen molar-refractivity contribution < 1.29 is 9.15 Å². The maximum Gasteiger partial charge on any atom is 0.215 e. The molecule has 2 N–H and O–H groups in total. The van der Waals surface area contributed by atoms with Crippen LogP contribution in [0.3, 0.4) is 0 Å². The molecule has 5 heteroatoms. The molecule has 80 valence electrons. The lowest BCUT2D eigenvalue weighted by molar-refractivity contribution is 0.260. The lowest BCUT2D eigenvalue weighted by atomic mass is 10.3. The fourth-order valence-electron chi connectivity index (χ4n) is 1.16. The molecule has 0 saturated heterocycles. The fourth-order valence-corrected chi connectivity index (χ4v) is 1.16. The van der Waals surface area contributed by atoms with Gasteiger partial charge in [-0.2, -0.15) is 5.26 Å². The zero-order chi connectivity index (χ0) is 11.4. The molecule has 2 aromatic heterocycles. The largest absolute Gasteiger partial charge is 0.469 e. The van der Waals surface area contributed by atoms with Gasteiger partial charge in [0.15, 0.2) is 5.69 Å². The molecule has 2 aromatic rings. The summed E-state index contributed by atoms with van der Waals surface area (Å²) in [4.78, 5) is 3.94. The molecule has 0 bridgehead atoms. The highest BCUT2D eigenvalue weighted by atomic mass is 16.5. The topological polar surface area (TPSA) is 85.1 Å². The summed E-state index contributed by atoms with van der Waals surface area (Å²) in [5.74, 6) is 1.04. The van der Waals surface area contributed by atoms with Crippen LogP contribution in [0.2, 0.25) is 0 Å². The van der Waals surface area contributed by atoms with Gasteiger partial charge in [-0.3, -0.25) is 0 Å². The minimum absolute atomic E-state index is 0.164. The Morgan fingerprint density at radius 2 is 2.31 bits per heavy atom. The summed E-state index contributed by atoms with van der Waals surface area (Å²) in [6.07, 6.45) is 1.57. The van der Waals surface area contributed by atoms with Crippen LogP contribution < -0.4 is 10.5 Å². The summed E-state index contributed by atoms with van der Waals surface area (Å²) < 4.78 is 10.4. The van der Waals surface area contributed by atoms with Gasteiger partial charge in [-0.1, -0.05) is 0 Å². The monoisotopic (exact) mass is 215 g/mol. The van der Waals surface area contributed by atoms with E-state index in [1.54, 1.807) is 30.5 Å². The third-order valence-electron chi connectivity index (χ3n) is 1.95. The average molecular weight is 215 g/mol. The van der Waals surface area contributed by atoms with Crippen molar-refractivity contribution in [2.24, 2.45) is 0 Å². The minimum Gasteiger partial charge on any atom is -0.469 e. The van der Waals surface area contributed by atoms with Crippen LogP contribution in [0, 0.1) is 11.3 Å². The second kappa shape index (κ2) is 4.36. The maximum atomic E-state index is 8.73. The van der Waals surface area contributed by atoms with Crippen LogP contribution in [0.15, 0.2) is 34.9 Å². The van der Waals surface area contributed by atoms with E-state index in [-0.39, 0.29) is 12.3 Å². The quantitative estimate of drug-likeness (QED) is 0.842. The van der Waals surface area contributed by atoms with E-state index in [9.17, 15) is 0 Å². The molecule has 0 atom stereocenters. The second-order valence-corrected chi connectivity index (χ2v) is 3.07. The first-order valence-electron chi connectivity index (χ1n) is 4.61. The molecule has 16 heavy (non-hydrogen) atoms. The number of nitrogen functional groups attached to an aromatic ring is 1. The minimum atomic E-state index is 0.164. The summed E-state index contributed by atoms with van der Waals surface area (Å²) >= 11 is 0. The predicted molar refractivity (Wildman–Crippen MR) is 56.4 cm³/mol. The Balaban J connectivity index is 2.08. The van der Waals surface area contributed by atoms with Crippen molar-refractivity contribution in [3.63, 3.8) is 0 Å². The van der Waals surface area contributed by atoms with Crippen molar-refractivity contribution in [1.29, 1.82) is 5.26 Å². The smallest absolute Gasteiger partial charge is 0.215 e. The van der Waals surface area contributed by atoms with E-state index < -0.39 is 0 Å². The second-order valence-electron chi connectivity index (χ2n) is 3.07. The lowest BCUT2D eigenvalue weighted by Gasteiger charge is -2.04. The number of furan rings is 1. The molecular formula is C11H9N3O2. The van der Waals surface area contributed by atoms with Gasteiger partial charge in [-0.25, -0.2) is 4.98 Å². The number of anilines is 1. The van der Waals surface area contributed by atoms with Gasteiger partial charge < -0.3 is 14.9 Å². The number of nitriles is 1. The highest BCUT2D eigenvalue weighted by Crippen LogP contribution is 2.15. The summed E-state index contributed by atoms with van der Waals surface area (Å²) in [5.41, 5.74) is 6.04. The Morgan fingerprint density at radius 3 is 3.00 bits per heavy atom. The molecule has 2 rings (SSSR count). The molecule has 0 radical (unpaired) electrons. The molecule has 5 nitrogen and oxygen atoms in total. The van der Waals surface area contributed by atoms with Crippen LogP contribution in [-0.2, 0) is 6.61 Å². The fraction of sp³-hybridized carbons (Fsp3) is 0.0909. The van der Waals surface area contributed by atoms with E-state index in [1.165, 1.54) is 0 Å². The molecule has 0 amide bonds. The molecule has 2 heterocycles. The van der Waals surface area contributed by atoms with Crippen molar-refractivity contribution in [1.82, 2.24) is 4.98 Å². The van der Waals surface area contributed by atoms with Crippen molar-refractivity contribution in [3.8, 4) is 11.9 Å². The van der Waals surface area contributed by atoms with Crippen LogP contribution >= 0.6 is 0 Å². The van der Waals surface area contributed by atoms with E-state index >= 15 is 0 Å². The molecule has 0 saturated carbocycles. The number of rotatable bonds is 3. The third-order valence-corrected chi connectivity index (χ3v) is 1.95. The highest BCUT2D eigenvalue weighted by Gasteiger charge is 2.03. The van der Waals surface area contributed by atoms with Crippen LogP contribution in [0.25, 0.3) is 0 Å². The van der Waals surface area contributed by atoms with E-state index in [0.717, 1.165) is 0 Å². The number of ether oxygens (including phenoxy) is 1. The zero-order valence-electron chi connectivity index (χ0n) is 8.38. The number of nitrogens with two attached hydrogens (primary N) is 1. The number of nitrogens with zero attached hydrogens (tertiary/aromatic N) is 2. The van der Waals surface area contributed by atoms with Gasteiger partial charge in [0.2, 0.25) is 5.88 Å². The lowest BCUT2D eigenvalue weighted by Crippen LogP contribution is -1.99. The van der Waals surface area contributed by atoms with Crippen LogP contribution in [0.5, 0.6) is 5.88 Å². The zero-order valence-corrected chi connectivity index (χ0v) is 8.38. The van der Waals surface area contributed by atoms with Crippen molar-refractivity contribution >= 4 is 5.69 Å². The van der Waals surface area contributed by atoms with Gasteiger partial charge in [-0.15, -0.1) is 0 Å². The normalized spacial score (nSPS) is 9.69. The van der Waals surface area contributed by atoms with E-state index in [2.05, 4.69) is 4.98 Å². The van der Waals surface area contributed by atoms with E-state index in [1.807, 2.05) is 6.07 Å². The standard InChI is InChI=1S/C11H9N3O2/c12-6-10-9(13)3-4-11(14-10)16-7-8-2-1-5-15-8/h1-5H,7,13H2. The van der Waals surface area contributed by atoms with Crippen LogP contribution in [0.4, 0.5) is 5.69 Å². The summed E-state index contributed by atoms with van der Waals surface area (Å²) in [5, 5.41) is 8.73. The summed E-state index contributed by atoms with van der Waals surface area (Å²) in [6, 6.07) is 8.65. The van der Waals surface area contributed by atoms with E-state index in [0.29, 0.717) is 17.3 Å². The third kappa shape index (κ3) is 2.12. The van der Waals surface area contributed by atoms with Crippen molar-refractivity contribution in [2.75, 3.05) is 5.73 Å². The first-order valence-corrected chi connectivity index (χ1v) is 4.61. The molecule has 0 aliphatic carbocycles. The Bertz CT molecular complexity index is 515. The van der Waals surface area contributed by atoms with Crippen LogP contribution in [0.1, 0.15) is 11.5 Å². The molecule has 0 aliphatic heterocycles. The summed E-state index contributed by atoms with van der Waals surface area (Å²) in [6.45, 7) is 0.273. The van der Waals surface area contributed by atoms with Gasteiger partial charge in [0.25, 0.3) is 0 Å². The highest BCUT2D eigenvalue weighted by molar-refractivity contribution is 5.50. The molecule has 0 unspecified atom stereocenters. The molecule has 0 spiro atoms. The van der Waals surface area contributed by atoms with Gasteiger partial charge in [0.05, 0.1) is 12.0 Å². The maximum absolute atomic E-state index is 8.73. The predicted octanol–water partition coefficient (Wildman–Crippen LogP) is 1.71. The van der Waals surface area contributed by atoms with Gasteiger partial charge in [0, 0.05) is 6.07 Å². The number of aromatic nitrogens is 1. The Hall–Kier alpha value is -2.48. The van der Waals surface area contributed by atoms with Crippen LogP contribution in [-0.4, -0.2) is 4.98 Å². The first-order chi connectivity index (χ1) is 7.79. The number of pyridine rings is 1. The Labute approximate surface area is 92.1 Å². The van der Waals surface area contributed by atoms with Crippen molar-refractivity contribution in [3.05, 3.63) is 42.0 Å². The van der Waals surface area contributed by atoms with Gasteiger partial charge >= 0.3 is 0 Å². The number of hydrogen-bond donors (Lipinski definition) is 1. The average Bonchev–Trinajstić information content (AvgIpc) is 2.81. The van der Waals surface area contributed by atoms with E-state index in [4.69, 9.17) is 20.1 Å². The first kappa shape index (κ1) is 10.1.